The maximum atomic E-state index is 12.7. The Morgan fingerprint density at radius 1 is 1.00 bits per heavy atom. The molecular weight excluding hydrogens is 410 g/mol. The number of carbonyl (C=O) groups excluding carboxylic acids is 2. The zero-order valence-electron chi connectivity index (χ0n) is 16.1. The van der Waals surface area contributed by atoms with Gasteiger partial charge in [0.25, 0.3) is 10.0 Å². The Kier molecular flexibility index (Phi) is 5.49. The van der Waals surface area contributed by atoms with Crippen LogP contribution in [0.25, 0.3) is 0 Å². The van der Waals surface area contributed by atoms with E-state index in [0.29, 0.717) is 49.1 Å². The lowest BCUT2D eigenvalue weighted by molar-refractivity contribution is -0.131. The van der Waals surface area contributed by atoms with Crippen molar-refractivity contribution in [1.82, 2.24) is 4.90 Å². The first-order valence-electron chi connectivity index (χ1n) is 9.51. The van der Waals surface area contributed by atoms with E-state index in [2.05, 4.69) is 10.0 Å². The molecule has 0 atom stereocenters. The van der Waals surface area contributed by atoms with Crippen molar-refractivity contribution in [3.63, 3.8) is 0 Å². The third-order valence-electron chi connectivity index (χ3n) is 4.75. The number of benzene rings is 2. The molecule has 2 N–H and O–H groups in total. The Hall–Kier alpha value is -3.27. The van der Waals surface area contributed by atoms with Crippen molar-refractivity contribution in [2.24, 2.45) is 0 Å². The van der Waals surface area contributed by atoms with Crippen molar-refractivity contribution in [3.8, 4) is 11.5 Å². The maximum absolute atomic E-state index is 12.7. The lowest BCUT2D eigenvalue weighted by atomic mass is 10.3. The van der Waals surface area contributed by atoms with Gasteiger partial charge in [0, 0.05) is 30.4 Å². The molecule has 0 unspecified atom stereocenters. The van der Waals surface area contributed by atoms with Gasteiger partial charge in [-0.25, -0.2) is 8.42 Å². The van der Waals surface area contributed by atoms with Crippen LogP contribution in [0.2, 0.25) is 0 Å². The first-order valence-corrected chi connectivity index (χ1v) is 11.0. The minimum absolute atomic E-state index is 0.0112. The standard InChI is InChI=1S/C20H21N3O6S/c24-19(13-23-9-1-2-20(23)25)21-14-3-5-15(6-4-14)22-30(26,27)16-7-8-17-18(12-16)29-11-10-28-17/h3-8,12,22H,1-2,9-11,13H2,(H,21,24). The first-order chi connectivity index (χ1) is 14.4. The second-order valence-corrected chi connectivity index (χ2v) is 8.64. The van der Waals surface area contributed by atoms with E-state index in [9.17, 15) is 18.0 Å². The summed E-state index contributed by atoms with van der Waals surface area (Å²) in [5.74, 6) is 0.582. The van der Waals surface area contributed by atoms with Crippen LogP contribution in [-0.4, -0.2) is 51.4 Å². The molecule has 10 heteroatoms. The van der Waals surface area contributed by atoms with Crippen molar-refractivity contribution in [3.05, 3.63) is 42.5 Å². The van der Waals surface area contributed by atoms with Gasteiger partial charge in [-0.2, -0.15) is 0 Å². The fourth-order valence-corrected chi connectivity index (χ4v) is 4.35. The van der Waals surface area contributed by atoms with E-state index >= 15 is 0 Å². The van der Waals surface area contributed by atoms with Crippen LogP contribution in [-0.2, 0) is 19.6 Å². The van der Waals surface area contributed by atoms with Gasteiger partial charge in [0.15, 0.2) is 11.5 Å². The second-order valence-electron chi connectivity index (χ2n) is 6.96. The summed E-state index contributed by atoms with van der Waals surface area (Å²) in [6.07, 6.45) is 1.25. The number of anilines is 2. The molecule has 0 saturated carbocycles. The predicted molar refractivity (Wildman–Crippen MR) is 109 cm³/mol. The number of sulfonamides is 1. The fraction of sp³-hybridized carbons (Fsp3) is 0.300. The van der Waals surface area contributed by atoms with Crippen molar-refractivity contribution in [1.29, 1.82) is 0 Å². The third kappa shape index (κ3) is 4.48. The van der Waals surface area contributed by atoms with Crippen molar-refractivity contribution < 1.29 is 27.5 Å². The van der Waals surface area contributed by atoms with E-state index in [0.717, 1.165) is 6.42 Å². The van der Waals surface area contributed by atoms with Crippen molar-refractivity contribution in [2.75, 3.05) is 36.3 Å². The van der Waals surface area contributed by atoms with Gasteiger partial charge in [0.05, 0.1) is 11.4 Å². The zero-order valence-corrected chi connectivity index (χ0v) is 16.9. The monoisotopic (exact) mass is 431 g/mol. The van der Waals surface area contributed by atoms with E-state index in [1.807, 2.05) is 0 Å². The van der Waals surface area contributed by atoms with E-state index in [4.69, 9.17) is 9.47 Å². The summed E-state index contributed by atoms with van der Waals surface area (Å²) in [7, 11) is -3.82. The minimum Gasteiger partial charge on any atom is -0.486 e. The lowest BCUT2D eigenvalue weighted by Crippen LogP contribution is -2.33. The van der Waals surface area contributed by atoms with E-state index < -0.39 is 10.0 Å². The average Bonchev–Trinajstić information content (AvgIpc) is 3.13. The van der Waals surface area contributed by atoms with Gasteiger partial charge >= 0.3 is 0 Å². The average molecular weight is 431 g/mol. The van der Waals surface area contributed by atoms with E-state index in [1.54, 1.807) is 30.3 Å². The summed E-state index contributed by atoms with van der Waals surface area (Å²) < 4.78 is 38.7. The smallest absolute Gasteiger partial charge is 0.262 e. The molecule has 0 aliphatic carbocycles. The first kappa shape index (κ1) is 20.0. The van der Waals surface area contributed by atoms with Crippen LogP contribution < -0.4 is 19.5 Å². The number of ether oxygens (including phenoxy) is 2. The largest absolute Gasteiger partial charge is 0.486 e. The lowest BCUT2D eigenvalue weighted by Gasteiger charge is -2.19. The Morgan fingerprint density at radius 3 is 2.40 bits per heavy atom. The van der Waals surface area contributed by atoms with E-state index in [-0.39, 0.29) is 23.3 Å². The van der Waals surface area contributed by atoms with Crippen LogP contribution >= 0.6 is 0 Å². The highest BCUT2D eigenvalue weighted by atomic mass is 32.2. The highest BCUT2D eigenvalue weighted by molar-refractivity contribution is 7.92. The number of fused-ring (bicyclic) bond motifs is 1. The molecule has 9 nitrogen and oxygen atoms in total. The fourth-order valence-electron chi connectivity index (χ4n) is 3.27. The quantitative estimate of drug-likeness (QED) is 0.721. The number of hydrogen-bond acceptors (Lipinski definition) is 6. The molecule has 0 aromatic heterocycles. The van der Waals surface area contributed by atoms with Crippen LogP contribution in [0, 0.1) is 0 Å². The molecular formula is C20H21N3O6S. The number of likely N-dealkylation sites (tertiary alicyclic amines) is 1. The Balaban J connectivity index is 1.39. The van der Waals surface area contributed by atoms with Gasteiger partial charge in [-0.1, -0.05) is 0 Å². The van der Waals surface area contributed by atoms with Crippen LogP contribution in [0.1, 0.15) is 12.8 Å². The molecule has 2 heterocycles. The molecule has 4 rings (SSSR count). The maximum Gasteiger partial charge on any atom is 0.262 e. The Morgan fingerprint density at radius 2 is 1.70 bits per heavy atom. The van der Waals surface area contributed by atoms with Gasteiger partial charge in [-0.15, -0.1) is 0 Å². The summed E-state index contributed by atoms with van der Waals surface area (Å²) in [5, 5.41) is 2.70. The van der Waals surface area contributed by atoms with Crippen LogP contribution in [0.3, 0.4) is 0 Å². The number of rotatable bonds is 6. The highest BCUT2D eigenvalue weighted by Gasteiger charge is 2.22. The summed E-state index contributed by atoms with van der Waals surface area (Å²) >= 11 is 0. The molecule has 0 spiro atoms. The Bertz CT molecular complexity index is 1070. The van der Waals surface area contributed by atoms with Gasteiger partial charge in [-0.3, -0.25) is 14.3 Å². The molecule has 30 heavy (non-hydrogen) atoms. The number of hydrogen-bond donors (Lipinski definition) is 2. The van der Waals surface area contributed by atoms with Crippen molar-refractivity contribution >= 4 is 33.2 Å². The molecule has 2 amide bonds. The summed E-state index contributed by atoms with van der Waals surface area (Å²) in [4.78, 5) is 25.3. The molecule has 0 bridgehead atoms. The minimum atomic E-state index is -3.82. The SMILES string of the molecule is O=C(CN1CCCC1=O)Nc1ccc(NS(=O)(=O)c2ccc3c(c2)OCCO3)cc1. The van der Waals surface area contributed by atoms with Crippen LogP contribution in [0.4, 0.5) is 11.4 Å². The van der Waals surface area contributed by atoms with Gasteiger partial charge in [0.2, 0.25) is 11.8 Å². The van der Waals surface area contributed by atoms with Crippen LogP contribution in [0.15, 0.2) is 47.4 Å². The summed E-state index contributed by atoms with van der Waals surface area (Å²) in [6, 6.07) is 10.7. The van der Waals surface area contributed by atoms with Crippen LogP contribution in [0.5, 0.6) is 11.5 Å². The molecule has 158 valence electrons. The summed E-state index contributed by atoms with van der Waals surface area (Å²) in [6.45, 7) is 1.39. The molecule has 2 aromatic rings. The molecule has 2 aliphatic heterocycles. The molecule has 1 saturated heterocycles. The molecule has 0 radical (unpaired) electrons. The van der Waals surface area contributed by atoms with Gasteiger partial charge in [-0.05, 0) is 42.8 Å². The van der Waals surface area contributed by atoms with Crippen molar-refractivity contribution in [2.45, 2.75) is 17.7 Å². The molecule has 2 aromatic carbocycles. The topological polar surface area (TPSA) is 114 Å². The predicted octanol–water partition coefficient (Wildman–Crippen LogP) is 1.82. The number of amides is 2. The highest BCUT2D eigenvalue weighted by Crippen LogP contribution is 2.32. The number of nitrogens with one attached hydrogen (secondary N) is 2. The number of carbonyl (C=O) groups is 2. The summed E-state index contributed by atoms with van der Waals surface area (Å²) in [5.41, 5.74) is 0.853. The van der Waals surface area contributed by atoms with Gasteiger partial charge in [0.1, 0.15) is 13.2 Å². The van der Waals surface area contributed by atoms with Gasteiger partial charge < -0.3 is 19.7 Å². The number of nitrogens with zero attached hydrogens (tertiary/aromatic N) is 1. The Labute approximate surface area is 174 Å². The zero-order chi connectivity index (χ0) is 21.1. The third-order valence-corrected chi connectivity index (χ3v) is 6.13. The van der Waals surface area contributed by atoms with E-state index in [1.165, 1.54) is 17.0 Å². The molecule has 1 fully saturated rings. The normalized spacial score (nSPS) is 15.7. The second kappa shape index (κ2) is 8.23. The molecule has 2 aliphatic rings.